The molecular weight excluding hydrogens is 425 g/mol. The zero-order valence-electron chi connectivity index (χ0n) is 18.9. The minimum atomic E-state index is -0.310. The van der Waals surface area contributed by atoms with Crippen LogP contribution in [-0.4, -0.2) is 56.5 Å². The van der Waals surface area contributed by atoms with Gasteiger partial charge in [-0.15, -0.1) is 6.58 Å². The zero-order chi connectivity index (χ0) is 23.5. The molecule has 2 aromatic carbocycles. The van der Waals surface area contributed by atoms with Crippen molar-refractivity contribution in [1.82, 2.24) is 10.3 Å². The normalized spacial score (nSPS) is 14.2. The van der Waals surface area contributed by atoms with Gasteiger partial charge in [-0.2, -0.15) is 5.10 Å². The molecule has 0 aliphatic carbocycles. The predicted molar refractivity (Wildman–Crippen MR) is 125 cm³/mol. The van der Waals surface area contributed by atoms with Crippen LogP contribution in [0.2, 0.25) is 0 Å². The van der Waals surface area contributed by atoms with E-state index >= 15 is 0 Å². The van der Waals surface area contributed by atoms with Gasteiger partial charge < -0.3 is 14.2 Å². The highest BCUT2D eigenvalue weighted by Gasteiger charge is 2.15. The van der Waals surface area contributed by atoms with Gasteiger partial charge in [-0.05, 0) is 48.7 Å². The van der Waals surface area contributed by atoms with E-state index < -0.39 is 0 Å². The highest BCUT2D eigenvalue weighted by atomic mass is 19.1. The molecule has 1 fully saturated rings. The molecule has 0 unspecified atom stereocenters. The molecule has 1 heterocycles. The first kappa shape index (κ1) is 24.4. The average molecular weight is 456 g/mol. The lowest BCUT2D eigenvalue weighted by Gasteiger charge is -2.25. The van der Waals surface area contributed by atoms with Crippen molar-refractivity contribution >= 4 is 12.1 Å². The maximum atomic E-state index is 13.5. The van der Waals surface area contributed by atoms with E-state index in [0.29, 0.717) is 37.7 Å². The number of hydrazone groups is 1. The summed E-state index contributed by atoms with van der Waals surface area (Å²) in [5.41, 5.74) is 4.89. The number of rotatable bonds is 11. The van der Waals surface area contributed by atoms with Crippen LogP contribution in [0.1, 0.15) is 23.6 Å². The standard InChI is InChI=1S/C25H30FN3O4/c1-3-6-21-13-20(16-27-28-24(30)17-29-9-11-31-12-10-29)15-23(32-4-2)25(21)33-18-19-7-5-8-22(26)14-19/h3,5,7-8,13-16H,1,4,6,9-12,17-18H2,2H3,(H,28,30)/b27-16+. The van der Waals surface area contributed by atoms with E-state index in [9.17, 15) is 9.18 Å². The van der Waals surface area contributed by atoms with Crippen LogP contribution in [0, 0.1) is 5.82 Å². The third kappa shape index (κ3) is 7.69. The third-order valence-corrected chi connectivity index (χ3v) is 4.96. The van der Waals surface area contributed by atoms with Crippen LogP contribution in [0.15, 0.2) is 54.2 Å². The fourth-order valence-corrected chi connectivity index (χ4v) is 3.45. The first-order valence-corrected chi connectivity index (χ1v) is 11.0. The second kappa shape index (κ2) is 12.7. The maximum Gasteiger partial charge on any atom is 0.254 e. The Morgan fingerprint density at radius 2 is 2.09 bits per heavy atom. The summed E-state index contributed by atoms with van der Waals surface area (Å²) in [5.74, 6) is 0.637. The maximum absolute atomic E-state index is 13.5. The van der Waals surface area contributed by atoms with Crippen molar-refractivity contribution in [2.45, 2.75) is 20.0 Å². The van der Waals surface area contributed by atoms with Gasteiger partial charge in [0.05, 0.1) is 32.6 Å². The summed E-state index contributed by atoms with van der Waals surface area (Å²) < 4.78 is 30.6. The molecule has 33 heavy (non-hydrogen) atoms. The fraction of sp³-hybridized carbons (Fsp3) is 0.360. The molecule has 8 heteroatoms. The van der Waals surface area contributed by atoms with Crippen molar-refractivity contribution in [3.05, 3.63) is 71.6 Å². The van der Waals surface area contributed by atoms with E-state index in [1.807, 2.05) is 17.9 Å². The number of benzene rings is 2. The number of allylic oxidation sites excluding steroid dienone is 1. The van der Waals surface area contributed by atoms with Gasteiger partial charge >= 0.3 is 0 Å². The molecule has 1 amide bonds. The Morgan fingerprint density at radius 1 is 1.27 bits per heavy atom. The third-order valence-electron chi connectivity index (χ3n) is 4.96. The molecule has 1 saturated heterocycles. The number of nitrogens with zero attached hydrogens (tertiary/aromatic N) is 2. The predicted octanol–water partition coefficient (Wildman–Crippen LogP) is 3.31. The van der Waals surface area contributed by atoms with Gasteiger partial charge in [0.2, 0.25) is 0 Å². The van der Waals surface area contributed by atoms with Crippen molar-refractivity contribution in [2.75, 3.05) is 39.5 Å². The smallest absolute Gasteiger partial charge is 0.254 e. The van der Waals surface area contributed by atoms with E-state index in [0.717, 1.165) is 29.8 Å². The summed E-state index contributed by atoms with van der Waals surface area (Å²) in [4.78, 5) is 14.2. The highest BCUT2D eigenvalue weighted by molar-refractivity contribution is 5.84. The summed E-state index contributed by atoms with van der Waals surface area (Å²) >= 11 is 0. The number of nitrogens with one attached hydrogen (secondary N) is 1. The number of hydrogen-bond acceptors (Lipinski definition) is 6. The van der Waals surface area contributed by atoms with E-state index in [2.05, 4.69) is 17.1 Å². The summed E-state index contributed by atoms with van der Waals surface area (Å²) in [6.45, 7) is 9.37. The van der Waals surface area contributed by atoms with Crippen LogP contribution in [-0.2, 0) is 22.6 Å². The SMILES string of the molecule is C=CCc1cc(/C=N/NC(=O)CN2CCOCC2)cc(OCC)c1OCc1cccc(F)c1. The molecule has 0 aromatic heterocycles. The Bertz CT molecular complexity index is 974. The second-order valence-electron chi connectivity index (χ2n) is 7.53. The molecule has 3 rings (SSSR count). The monoisotopic (exact) mass is 455 g/mol. The molecule has 1 N–H and O–H groups in total. The molecular formula is C25H30FN3O4. The molecule has 176 valence electrons. The van der Waals surface area contributed by atoms with Gasteiger partial charge in [-0.25, -0.2) is 9.82 Å². The van der Waals surface area contributed by atoms with E-state index in [-0.39, 0.29) is 24.9 Å². The lowest BCUT2D eigenvalue weighted by molar-refractivity contribution is -0.123. The summed E-state index contributed by atoms with van der Waals surface area (Å²) in [6, 6.07) is 9.99. The average Bonchev–Trinajstić information content (AvgIpc) is 2.80. The minimum Gasteiger partial charge on any atom is -0.490 e. The number of ether oxygens (including phenoxy) is 3. The zero-order valence-corrected chi connectivity index (χ0v) is 18.9. The van der Waals surface area contributed by atoms with Crippen LogP contribution in [0.5, 0.6) is 11.5 Å². The first-order chi connectivity index (χ1) is 16.1. The lowest BCUT2D eigenvalue weighted by atomic mass is 10.1. The summed E-state index contributed by atoms with van der Waals surface area (Å²) in [5, 5.41) is 4.10. The summed E-state index contributed by atoms with van der Waals surface area (Å²) in [7, 11) is 0. The number of hydrogen-bond donors (Lipinski definition) is 1. The van der Waals surface area contributed by atoms with Gasteiger partial charge in [-0.1, -0.05) is 18.2 Å². The molecule has 0 bridgehead atoms. The molecule has 0 atom stereocenters. The van der Waals surface area contributed by atoms with E-state index in [4.69, 9.17) is 14.2 Å². The van der Waals surface area contributed by atoms with Gasteiger partial charge in [-0.3, -0.25) is 9.69 Å². The number of carbonyl (C=O) groups excluding carboxylic acids is 1. The Hall–Kier alpha value is -3.23. The van der Waals surface area contributed by atoms with Gasteiger partial charge in [0, 0.05) is 18.7 Å². The lowest BCUT2D eigenvalue weighted by Crippen LogP contribution is -2.42. The molecule has 7 nitrogen and oxygen atoms in total. The molecule has 1 aliphatic rings. The highest BCUT2D eigenvalue weighted by Crippen LogP contribution is 2.34. The van der Waals surface area contributed by atoms with Crippen LogP contribution in [0.3, 0.4) is 0 Å². The fourth-order valence-electron chi connectivity index (χ4n) is 3.45. The number of carbonyl (C=O) groups is 1. The van der Waals surface area contributed by atoms with Crippen LogP contribution in [0.25, 0.3) is 0 Å². The Kier molecular flexibility index (Phi) is 9.41. The van der Waals surface area contributed by atoms with Crippen LogP contribution < -0.4 is 14.9 Å². The second-order valence-corrected chi connectivity index (χ2v) is 7.53. The van der Waals surface area contributed by atoms with Crippen LogP contribution >= 0.6 is 0 Å². The molecule has 2 aromatic rings. The van der Waals surface area contributed by atoms with Crippen molar-refractivity contribution in [2.24, 2.45) is 5.10 Å². The van der Waals surface area contributed by atoms with Crippen molar-refractivity contribution in [3.63, 3.8) is 0 Å². The Balaban J connectivity index is 1.71. The quantitative estimate of drug-likeness (QED) is 0.320. The van der Waals surface area contributed by atoms with Crippen molar-refractivity contribution in [1.29, 1.82) is 0 Å². The number of morpholine rings is 1. The Morgan fingerprint density at radius 3 is 2.82 bits per heavy atom. The van der Waals surface area contributed by atoms with E-state index in [1.165, 1.54) is 12.1 Å². The van der Waals surface area contributed by atoms with Crippen molar-refractivity contribution < 1.29 is 23.4 Å². The molecule has 0 saturated carbocycles. The molecule has 0 radical (unpaired) electrons. The van der Waals surface area contributed by atoms with Crippen LogP contribution in [0.4, 0.5) is 4.39 Å². The number of amides is 1. The van der Waals surface area contributed by atoms with E-state index in [1.54, 1.807) is 30.5 Å². The summed E-state index contributed by atoms with van der Waals surface area (Å²) in [6.07, 6.45) is 3.89. The van der Waals surface area contributed by atoms with Crippen molar-refractivity contribution in [3.8, 4) is 11.5 Å². The molecule has 1 aliphatic heterocycles. The first-order valence-electron chi connectivity index (χ1n) is 11.0. The van der Waals surface area contributed by atoms with Gasteiger partial charge in [0.25, 0.3) is 5.91 Å². The topological polar surface area (TPSA) is 72.4 Å². The minimum absolute atomic E-state index is 0.181. The number of halogens is 1. The Labute approximate surface area is 193 Å². The van der Waals surface area contributed by atoms with Gasteiger partial charge in [0.1, 0.15) is 12.4 Å². The van der Waals surface area contributed by atoms with Gasteiger partial charge in [0.15, 0.2) is 11.5 Å². The largest absolute Gasteiger partial charge is 0.490 e. The molecule has 0 spiro atoms.